The first-order valence-corrected chi connectivity index (χ1v) is 12.0. The molecule has 2 aromatic carbocycles. The molecule has 0 radical (unpaired) electrons. The fourth-order valence-corrected chi connectivity index (χ4v) is 3.87. The SMILES string of the molecule is COc1cc(F)cc(Cc2ccc(Cc3cc(-c4ccc[n+](COP(=O)([O-])O)c4N)on3)cc2)c1. The number of nitrogens with two attached hydrogens (primary N) is 1. The summed E-state index contributed by atoms with van der Waals surface area (Å²) in [6, 6.07) is 17.6. The van der Waals surface area contributed by atoms with E-state index in [4.69, 9.17) is 19.9 Å². The lowest BCUT2D eigenvalue weighted by Crippen LogP contribution is -2.38. The van der Waals surface area contributed by atoms with Crippen LogP contribution < -0.4 is 19.9 Å². The molecule has 35 heavy (non-hydrogen) atoms. The lowest BCUT2D eigenvalue weighted by Gasteiger charge is -2.14. The van der Waals surface area contributed by atoms with E-state index in [-0.39, 0.29) is 11.6 Å². The van der Waals surface area contributed by atoms with E-state index in [1.54, 1.807) is 18.2 Å². The molecule has 1 atom stereocenters. The Kier molecular flexibility index (Phi) is 7.28. The van der Waals surface area contributed by atoms with Gasteiger partial charge in [-0.15, -0.1) is 0 Å². The van der Waals surface area contributed by atoms with Crippen LogP contribution in [0.5, 0.6) is 5.75 Å². The van der Waals surface area contributed by atoms with Crippen LogP contribution in [0, 0.1) is 5.82 Å². The number of rotatable bonds is 9. The maximum atomic E-state index is 13.7. The van der Waals surface area contributed by atoms with Gasteiger partial charge in [0.25, 0.3) is 13.6 Å². The molecule has 4 rings (SSSR count). The first kappa shape index (κ1) is 24.6. The standard InChI is InChI=1S/C24H23FN3O6P/c1-32-21-12-18(10-19(25)13-21)9-16-4-6-17(7-5-16)11-20-14-23(34-27-20)22-3-2-8-28(24(22)26)15-33-35(29,30)31/h2-8,10,12-14,26H,9,11,15H2,1H3,(H2,29,30,31). The van der Waals surface area contributed by atoms with Gasteiger partial charge in [-0.1, -0.05) is 29.4 Å². The molecule has 9 nitrogen and oxygen atoms in total. The minimum absolute atomic E-state index is 0.182. The van der Waals surface area contributed by atoms with Gasteiger partial charge in [0.15, 0.2) is 12.5 Å². The summed E-state index contributed by atoms with van der Waals surface area (Å²) >= 11 is 0. The molecule has 2 aromatic heterocycles. The van der Waals surface area contributed by atoms with Crippen LogP contribution in [0.15, 0.2) is 71.4 Å². The van der Waals surface area contributed by atoms with Crippen LogP contribution in [-0.2, 0) is 28.7 Å². The number of anilines is 1. The zero-order valence-corrected chi connectivity index (χ0v) is 19.7. The Bertz CT molecular complexity index is 1370. The van der Waals surface area contributed by atoms with Crippen molar-refractivity contribution in [1.82, 2.24) is 5.16 Å². The number of phosphoric ester groups is 1. The van der Waals surface area contributed by atoms with Crippen LogP contribution in [0.2, 0.25) is 0 Å². The molecule has 11 heteroatoms. The third-order valence-electron chi connectivity index (χ3n) is 5.28. The minimum Gasteiger partial charge on any atom is -0.756 e. The van der Waals surface area contributed by atoms with Gasteiger partial charge in [0.1, 0.15) is 17.1 Å². The molecular weight excluding hydrogens is 476 g/mol. The van der Waals surface area contributed by atoms with Crippen LogP contribution in [0.1, 0.15) is 22.4 Å². The van der Waals surface area contributed by atoms with Gasteiger partial charge in [-0.05, 0) is 47.4 Å². The van der Waals surface area contributed by atoms with Gasteiger partial charge >= 0.3 is 0 Å². The van der Waals surface area contributed by atoms with Crippen molar-refractivity contribution in [2.24, 2.45) is 0 Å². The summed E-state index contributed by atoms with van der Waals surface area (Å²) in [6.45, 7) is -0.479. The Morgan fingerprint density at radius 1 is 1.11 bits per heavy atom. The third-order valence-corrected chi connectivity index (χ3v) is 5.72. The number of ether oxygens (including phenoxy) is 1. The Balaban J connectivity index is 1.44. The molecule has 0 saturated carbocycles. The van der Waals surface area contributed by atoms with Crippen LogP contribution in [0.3, 0.4) is 0 Å². The molecule has 3 N–H and O–H groups in total. The van der Waals surface area contributed by atoms with Crippen molar-refractivity contribution in [3.8, 4) is 17.1 Å². The van der Waals surface area contributed by atoms with Crippen LogP contribution in [0.4, 0.5) is 10.2 Å². The average molecular weight is 499 g/mol. The average Bonchev–Trinajstić information content (AvgIpc) is 3.27. The smallest absolute Gasteiger partial charge is 0.285 e. The third kappa shape index (κ3) is 6.52. The number of methoxy groups -OCH3 is 1. The second-order valence-electron chi connectivity index (χ2n) is 7.86. The van der Waals surface area contributed by atoms with Gasteiger partial charge in [0.2, 0.25) is 0 Å². The predicted molar refractivity (Wildman–Crippen MR) is 122 cm³/mol. The summed E-state index contributed by atoms with van der Waals surface area (Å²) in [7, 11) is -3.38. The van der Waals surface area contributed by atoms with Crippen molar-refractivity contribution in [2.75, 3.05) is 12.8 Å². The number of phosphoric acid groups is 1. The van der Waals surface area contributed by atoms with Gasteiger partial charge in [0.05, 0.1) is 19.0 Å². The van der Waals surface area contributed by atoms with E-state index >= 15 is 0 Å². The fourth-order valence-electron chi connectivity index (χ4n) is 3.60. The highest BCUT2D eigenvalue weighted by atomic mass is 31.2. The first-order valence-electron chi connectivity index (χ1n) is 10.5. The number of aromatic nitrogens is 2. The lowest BCUT2D eigenvalue weighted by molar-refractivity contribution is -0.712. The second-order valence-corrected chi connectivity index (χ2v) is 9.05. The predicted octanol–water partition coefficient (Wildman–Crippen LogP) is 2.98. The number of pyridine rings is 1. The van der Waals surface area contributed by atoms with Gasteiger partial charge in [-0.3, -0.25) is 14.8 Å². The van der Waals surface area contributed by atoms with E-state index in [0.29, 0.717) is 35.6 Å². The summed E-state index contributed by atoms with van der Waals surface area (Å²) < 4.78 is 40.9. The number of hydrogen-bond donors (Lipinski definition) is 2. The highest BCUT2D eigenvalue weighted by Crippen LogP contribution is 2.30. The summed E-state index contributed by atoms with van der Waals surface area (Å²) in [6.07, 6.45) is 2.59. The summed E-state index contributed by atoms with van der Waals surface area (Å²) in [5.41, 5.74) is 10.1. The molecule has 0 fully saturated rings. The first-order chi connectivity index (χ1) is 16.7. The van der Waals surface area contributed by atoms with Crippen molar-refractivity contribution in [3.05, 3.63) is 95.1 Å². The molecule has 4 aromatic rings. The number of nitrogens with zero attached hydrogens (tertiary/aromatic N) is 2. The molecule has 0 amide bonds. The Morgan fingerprint density at radius 3 is 2.51 bits per heavy atom. The Morgan fingerprint density at radius 2 is 1.83 bits per heavy atom. The summed E-state index contributed by atoms with van der Waals surface area (Å²) in [4.78, 5) is 19.7. The maximum absolute atomic E-state index is 13.7. The Hall–Kier alpha value is -3.56. The van der Waals surface area contributed by atoms with Crippen LogP contribution in [-0.4, -0.2) is 17.2 Å². The molecular formula is C24H23FN3O6P. The zero-order valence-electron chi connectivity index (χ0n) is 18.8. The molecule has 0 bridgehead atoms. The van der Waals surface area contributed by atoms with E-state index in [9.17, 15) is 13.8 Å². The molecule has 0 aliphatic heterocycles. The number of hydrogen-bond acceptors (Lipinski definition) is 7. The van der Waals surface area contributed by atoms with E-state index in [1.807, 2.05) is 30.3 Å². The highest BCUT2D eigenvalue weighted by Gasteiger charge is 2.18. The number of halogens is 1. The topological polar surface area (TPSA) is 135 Å². The Labute approximate surface area is 200 Å². The fraction of sp³-hybridized carbons (Fsp3) is 0.167. The highest BCUT2D eigenvalue weighted by molar-refractivity contribution is 7.44. The number of benzene rings is 2. The van der Waals surface area contributed by atoms with Crippen molar-refractivity contribution >= 4 is 13.6 Å². The molecule has 1 unspecified atom stereocenters. The van der Waals surface area contributed by atoms with Gasteiger partial charge in [-0.25, -0.2) is 8.96 Å². The van der Waals surface area contributed by atoms with Crippen molar-refractivity contribution in [2.45, 2.75) is 19.6 Å². The molecule has 0 saturated heterocycles. The van der Waals surface area contributed by atoms with Gasteiger partial charge < -0.3 is 19.0 Å². The van der Waals surface area contributed by atoms with Gasteiger partial charge in [-0.2, -0.15) is 0 Å². The zero-order chi connectivity index (χ0) is 25.0. The van der Waals surface area contributed by atoms with Crippen LogP contribution in [0.25, 0.3) is 11.3 Å². The summed E-state index contributed by atoms with van der Waals surface area (Å²) in [5, 5.41) is 4.10. The van der Waals surface area contributed by atoms with Gasteiger partial charge in [0, 0.05) is 18.6 Å². The molecule has 0 aliphatic rings. The van der Waals surface area contributed by atoms with E-state index in [1.165, 1.54) is 30.0 Å². The van der Waals surface area contributed by atoms with E-state index in [2.05, 4.69) is 9.68 Å². The normalized spacial score (nSPS) is 12.9. The summed E-state index contributed by atoms with van der Waals surface area (Å²) in [5.74, 6) is 0.725. The maximum Gasteiger partial charge on any atom is 0.285 e. The number of nitrogen functional groups attached to an aromatic ring is 1. The molecule has 0 spiro atoms. The van der Waals surface area contributed by atoms with Crippen molar-refractivity contribution < 1.29 is 37.1 Å². The minimum atomic E-state index is -4.89. The lowest BCUT2D eigenvalue weighted by atomic mass is 10.0. The molecule has 182 valence electrons. The second kappa shape index (κ2) is 10.4. The van der Waals surface area contributed by atoms with E-state index in [0.717, 1.165) is 16.7 Å². The monoisotopic (exact) mass is 499 g/mol. The van der Waals surface area contributed by atoms with E-state index < -0.39 is 14.6 Å². The van der Waals surface area contributed by atoms with Crippen LogP contribution >= 0.6 is 7.82 Å². The largest absolute Gasteiger partial charge is 0.756 e. The molecule has 2 heterocycles. The van der Waals surface area contributed by atoms with Crippen molar-refractivity contribution in [1.29, 1.82) is 0 Å². The van der Waals surface area contributed by atoms with Crippen molar-refractivity contribution in [3.63, 3.8) is 0 Å². The molecule has 0 aliphatic carbocycles. The quantitative estimate of drug-likeness (QED) is 0.265.